The van der Waals surface area contributed by atoms with Crippen molar-refractivity contribution in [1.82, 2.24) is 10.5 Å². The van der Waals surface area contributed by atoms with E-state index in [0.29, 0.717) is 17.3 Å². The van der Waals surface area contributed by atoms with Crippen molar-refractivity contribution in [2.24, 2.45) is 0 Å². The zero-order valence-corrected chi connectivity index (χ0v) is 13.7. The van der Waals surface area contributed by atoms with Crippen molar-refractivity contribution in [2.45, 2.75) is 19.4 Å². The maximum Gasteiger partial charge on any atom is 0.274 e. The quantitative estimate of drug-likeness (QED) is 0.778. The number of amides is 1. The molecular weight excluding hydrogens is 332 g/mol. The molecule has 116 valence electrons. The van der Waals surface area contributed by atoms with Crippen LogP contribution in [0.3, 0.4) is 0 Å². The van der Waals surface area contributed by atoms with Gasteiger partial charge in [-0.25, -0.2) is 0 Å². The summed E-state index contributed by atoms with van der Waals surface area (Å²) in [5.74, 6) is 0.504. The Balaban J connectivity index is 1.56. The minimum absolute atomic E-state index is 0.228. The number of carbonyl (C=O) groups excluding carboxylic acids is 1. The van der Waals surface area contributed by atoms with Gasteiger partial charge in [-0.1, -0.05) is 35.0 Å². The van der Waals surface area contributed by atoms with Gasteiger partial charge in [0.15, 0.2) is 11.5 Å². The average Bonchev–Trinajstić information content (AvgIpc) is 3.19. The molecule has 0 radical (unpaired) electrons. The van der Waals surface area contributed by atoms with Crippen LogP contribution in [0.4, 0.5) is 0 Å². The van der Waals surface area contributed by atoms with Crippen molar-refractivity contribution in [3.8, 4) is 11.3 Å². The number of carbonyl (C=O) groups is 1. The molecule has 1 aliphatic rings. The number of thiophene rings is 1. The first-order valence-electron chi connectivity index (χ1n) is 7.31. The lowest BCUT2D eigenvalue weighted by molar-refractivity contribution is 0.0941. The Kier molecular flexibility index (Phi) is 3.67. The van der Waals surface area contributed by atoms with E-state index in [1.165, 1.54) is 4.88 Å². The molecule has 6 heteroatoms. The van der Waals surface area contributed by atoms with Crippen molar-refractivity contribution in [1.29, 1.82) is 0 Å². The van der Waals surface area contributed by atoms with Gasteiger partial charge in [-0.3, -0.25) is 4.79 Å². The van der Waals surface area contributed by atoms with Crippen LogP contribution in [-0.4, -0.2) is 11.1 Å². The molecule has 1 N–H and O–H groups in total. The molecule has 0 fully saturated rings. The molecule has 0 saturated heterocycles. The summed E-state index contributed by atoms with van der Waals surface area (Å²) in [7, 11) is 0. The Morgan fingerprint density at radius 2 is 2.17 bits per heavy atom. The van der Waals surface area contributed by atoms with Crippen molar-refractivity contribution in [3.05, 3.63) is 62.4 Å². The molecule has 1 aliphatic carbocycles. The second-order valence-corrected chi connectivity index (χ2v) is 6.78. The Bertz CT molecular complexity index is 884. The first-order valence-corrected chi connectivity index (χ1v) is 8.56. The third-order valence-electron chi connectivity index (χ3n) is 3.99. The fourth-order valence-corrected chi connectivity index (χ4v) is 3.89. The summed E-state index contributed by atoms with van der Waals surface area (Å²) in [5, 5.41) is 9.54. The Labute approximate surface area is 142 Å². The second-order valence-electron chi connectivity index (χ2n) is 5.37. The lowest BCUT2D eigenvalue weighted by Gasteiger charge is -2.10. The number of nitrogens with one attached hydrogen (secondary N) is 1. The zero-order chi connectivity index (χ0) is 15.8. The van der Waals surface area contributed by atoms with E-state index < -0.39 is 0 Å². The summed E-state index contributed by atoms with van der Waals surface area (Å²) in [4.78, 5) is 13.7. The van der Waals surface area contributed by atoms with Gasteiger partial charge >= 0.3 is 0 Å². The third kappa shape index (κ3) is 2.56. The summed E-state index contributed by atoms with van der Waals surface area (Å²) in [6.45, 7) is 0.365. The van der Waals surface area contributed by atoms with Crippen LogP contribution in [0.25, 0.3) is 11.3 Å². The molecule has 23 heavy (non-hydrogen) atoms. The highest BCUT2D eigenvalue weighted by Crippen LogP contribution is 2.38. The molecule has 0 bridgehead atoms. The number of aryl methyl sites for hydroxylation is 1. The van der Waals surface area contributed by atoms with Gasteiger partial charge in [0.1, 0.15) is 0 Å². The number of hydrogen-bond acceptors (Lipinski definition) is 4. The Morgan fingerprint density at radius 1 is 1.30 bits per heavy atom. The Morgan fingerprint density at radius 3 is 3.04 bits per heavy atom. The Hall–Kier alpha value is -2.11. The van der Waals surface area contributed by atoms with E-state index in [4.69, 9.17) is 16.1 Å². The summed E-state index contributed by atoms with van der Waals surface area (Å²) < 4.78 is 5.44. The van der Waals surface area contributed by atoms with Crippen LogP contribution in [0.15, 0.2) is 40.2 Å². The van der Waals surface area contributed by atoms with Gasteiger partial charge < -0.3 is 9.84 Å². The maximum absolute atomic E-state index is 12.4. The predicted molar refractivity (Wildman–Crippen MR) is 89.8 cm³/mol. The first-order chi connectivity index (χ1) is 11.2. The van der Waals surface area contributed by atoms with Crippen molar-refractivity contribution in [2.75, 3.05) is 0 Å². The highest BCUT2D eigenvalue weighted by Gasteiger charge is 2.28. The van der Waals surface area contributed by atoms with Crippen LogP contribution in [0.5, 0.6) is 0 Å². The molecule has 4 rings (SSSR count). The lowest BCUT2D eigenvalue weighted by atomic mass is 9.95. The van der Waals surface area contributed by atoms with Crippen LogP contribution < -0.4 is 5.32 Å². The summed E-state index contributed by atoms with van der Waals surface area (Å²) in [5.41, 5.74) is 3.21. The SMILES string of the molecule is O=C(NCc1ccccc1Cl)c1noc2c1CCc1sccc1-2. The molecule has 4 nitrogen and oxygen atoms in total. The maximum atomic E-state index is 12.4. The normalized spacial score (nSPS) is 12.6. The van der Waals surface area contributed by atoms with E-state index in [1.54, 1.807) is 17.4 Å². The molecule has 0 unspecified atom stereocenters. The van der Waals surface area contributed by atoms with E-state index in [0.717, 1.165) is 35.3 Å². The zero-order valence-electron chi connectivity index (χ0n) is 12.1. The number of hydrogen-bond donors (Lipinski definition) is 1. The number of halogens is 1. The molecule has 0 saturated carbocycles. The van der Waals surface area contributed by atoms with E-state index in [-0.39, 0.29) is 5.91 Å². The number of benzene rings is 1. The largest absolute Gasteiger partial charge is 0.355 e. The van der Waals surface area contributed by atoms with Gasteiger partial charge in [0.2, 0.25) is 0 Å². The molecule has 0 spiro atoms. The highest BCUT2D eigenvalue weighted by molar-refractivity contribution is 7.10. The van der Waals surface area contributed by atoms with Crippen molar-refractivity contribution >= 4 is 28.8 Å². The highest BCUT2D eigenvalue weighted by atomic mass is 35.5. The third-order valence-corrected chi connectivity index (χ3v) is 5.34. The minimum Gasteiger partial charge on any atom is -0.355 e. The number of rotatable bonds is 3. The van der Waals surface area contributed by atoms with Gasteiger partial charge in [0, 0.05) is 27.6 Å². The molecule has 2 aromatic heterocycles. The molecule has 0 aliphatic heterocycles. The molecular formula is C17H13ClN2O2S. The van der Waals surface area contributed by atoms with Gasteiger partial charge in [-0.05, 0) is 35.9 Å². The molecule has 1 aromatic carbocycles. The molecule has 3 aromatic rings. The standard InChI is InChI=1S/C17H13ClN2O2S/c18-13-4-2-1-3-10(13)9-19-17(21)15-12-5-6-14-11(7-8-23-14)16(12)22-20-15/h1-4,7-8H,5-6,9H2,(H,19,21). The predicted octanol–water partition coefficient (Wildman–Crippen LogP) is 4.09. The number of nitrogens with zero attached hydrogens (tertiary/aromatic N) is 1. The van der Waals surface area contributed by atoms with E-state index in [9.17, 15) is 4.79 Å². The van der Waals surface area contributed by atoms with Crippen LogP contribution in [-0.2, 0) is 19.4 Å². The smallest absolute Gasteiger partial charge is 0.274 e. The molecule has 0 atom stereocenters. The van der Waals surface area contributed by atoms with Gasteiger partial charge in [-0.15, -0.1) is 11.3 Å². The first kappa shape index (κ1) is 14.5. The van der Waals surface area contributed by atoms with Crippen LogP contribution in [0, 0.1) is 0 Å². The summed E-state index contributed by atoms with van der Waals surface area (Å²) >= 11 is 7.82. The fraction of sp³-hybridized carbons (Fsp3) is 0.176. The van der Waals surface area contributed by atoms with Gasteiger partial charge in [0.05, 0.1) is 0 Å². The average molecular weight is 345 g/mol. The van der Waals surface area contributed by atoms with Crippen LogP contribution >= 0.6 is 22.9 Å². The number of fused-ring (bicyclic) bond motifs is 3. The van der Waals surface area contributed by atoms with Crippen molar-refractivity contribution in [3.63, 3.8) is 0 Å². The van der Waals surface area contributed by atoms with Crippen LogP contribution in [0.1, 0.15) is 26.5 Å². The fourth-order valence-electron chi connectivity index (χ4n) is 2.81. The van der Waals surface area contributed by atoms with E-state index in [1.807, 2.05) is 29.6 Å². The van der Waals surface area contributed by atoms with E-state index >= 15 is 0 Å². The topological polar surface area (TPSA) is 55.1 Å². The lowest BCUT2D eigenvalue weighted by Crippen LogP contribution is -2.24. The summed E-state index contributed by atoms with van der Waals surface area (Å²) in [6.07, 6.45) is 1.70. The van der Waals surface area contributed by atoms with E-state index in [2.05, 4.69) is 10.5 Å². The van der Waals surface area contributed by atoms with Gasteiger partial charge in [0.25, 0.3) is 5.91 Å². The van der Waals surface area contributed by atoms with Gasteiger partial charge in [-0.2, -0.15) is 0 Å². The molecule has 1 amide bonds. The second kappa shape index (κ2) is 5.83. The summed E-state index contributed by atoms with van der Waals surface area (Å²) in [6, 6.07) is 9.47. The minimum atomic E-state index is -0.228. The van der Waals surface area contributed by atoms with Crippen molar-refractivity contribution < 1.29 is 9.32 Å². The monoisotopic (exact) mass is 344 g/mol. The van der Waals surface area contributed by atoms with Crippen LogP contribution in [0.2, 0.25) is 5.02 Å². The molecule has 2 heterocycles. The number of aromatic nitrogens is 1.